The Kier molecular flexibility index (Phi) is 4.32. The van der Waals surface area contributed by atoms with Crippen molar-refractivity contribution >= 4 is 16.9 Å². The Labute approximate surface area is 114 Å². The van der Waals surface area contributed by atoms with E-state index in [4.69, 9.17) is 5.73 Å². The van der Waals surface area contributed by atoms with E-state index in [1.165, 1.54) is 0 Å². The topological polar surface area (TPSA) is 63.8 Å². The first kappa shape index (κ1) is 13.7. The predicted molar refractivity (Wildman–Crippen MR) is 80.2 cm³/mol. The third-order valence-electron chi connectivity index (χ3n) is 3.05. The molecule has 0 saturated carbocycles. The molecule has 3 N–H and O–H groups in total. The summed E-state index contributed by atoms with van der Waals surface area (Å²) >= 11 is 0. The fraction of sp³-hybridized carbons (Fsp3) is 0.467. The van der Waals surface area contributed by atoms with Crippen LogP contribution in [-0.4, -0.2) is 22.6 Å². The molecule has 2 aromatic rings. The maximum absolute atomic E-state index is 6.07. The van der Waals surface area contributed by atoms with Crippen LogP contribution in [0.3, 0.4) is 0 Å². The Morgan fingerprint density at radius 1 is 1.16 bits per heavy atom. The molecule has 0 aliphatic carbocycles. The Hall–Kier alpha value is -1.68. The van der Waals surface area contributed by atoms with Crippen LogP contribution in [0.5, 0.6) is 0 Å². The number of benzene rings is 1. The minimum Gasteiger partial charge on any atom is -0.367 e. The lowest BCUT2D eigenvalue weighted by atomic mass is 10.0. The summed E-state index contributed by atoms with van der Waals surface area (Å²) in [6.07, 6.45) is 1.01. The highest BCUT2D eigenvalue weighted by Crippen LogP contribution is 2.16. The molecular formula is C15H22N4. The first-order chi connectivity index (χ1) is 9.06. The van der Waals surface area contributed by atoms with Gasteiger partial charge in [0, 0.05) is 12.6 Å². The normalized spacial score (nSPS) is 12.9. The van der Waals surface area contributed by atoms with Crippen molar-refractivity contribution in [2.24, 2.45) is 11.7 Å². The van der Waals surface area contributed by atoms with Crippen molar-refractivity contribution in [3.63, 3.8) is 0 Å². The van der Waals surface area contributed by atoms with Crippen LogP contribution < -0.4 is 11.1 Å². The number of hydrogen-bond donors (Lipinski definition) is 2. The molecule has 19 heavy (non-hydrogen) atoms. The minimum atomic E-state index is 0.146. The summed E-state index contributed by atoms with van der Waals surface area (Å²) in [5, 5.41) is 3.31. The van der Waals surface area contributed by atoms with Gasteiger partial charge in [-0.05, 0) is 31.4 Å². The van der Waals surface area contributed by atoms with Crippen LogP contribution in [0.1, 0.15) is 26.0 Å². The van der Waals surface area contributed by atoms with Crippen molar-refractivity contribution < 1.29 is 0 Å². The van der Waals surface area contributed by atoms with Gasteiger partial charge in [0.15, 0.2) is 0 Å². The van der Waals surface area contributed by atoms with E-state index in [1.54, 1.807) is 0 Å². The number of anilines is 1. The summed E-state index contributed by atoms with van der Waals surface area (Å²) < 4.78 is 0. The van der Waals surface area contributed by atoms with Gasteiger partial charge in [-0.2, -0.15) is 0 Å². The SMILES string of the molecule is Cc1nc2ccccc2nc1NCC(N)CC(C)C. The van der Waals surface area contributed by atoms with Gasteiger partial charge in [-0.15, -0.1) is 0 Å². The van der Waals surface area contributed by atoms with Crippen molar-refractivity contribution in [3.8, 4) is 0 Å². The molecule has 0 radical (unpaired) electrons. The van der Waals surface area contributed by atoms with E-state index >= 15 is 0 Å². The van der Waals surface area contributed by atoms with E-state index in [0.717, 1.165) is 35.5 Å². The Balaban J connectivity index is 2.10. The lowest BCUT2D eigenvalue weighted by Crippen LogP contribution is -2.30. The average Bonchev–Trinajstić information content (AvgIpc) is 2.35. The van der Waals surface area contributed by atoms with E-state index in [-0.39, 0.29) is 6.04 Å². The van der Waals surface area contributed by atoms with Gasteiger partial charge in [0.05, 0.1) is 16.7 Å². The molecule has 0 saturated heterocycles. The Morgan fingerprint density at radius 3 is 2.42 bits per heavy atom. The van der Waals surface area contributed by atoms with Crippen LogP contribution in [0.15, 0.2) is 24.3 Å². The zero-order chi connectivity index (χ0) is 13.8. The molecule has 1 atom stereocenters. The maximum atomic E-state index is 6.07. The average molecular weight is 258 g/mol. The van der Waals surface area contributed by atoms with Crippen molar-refractivity contribution in [1.82, 2.24) is 9.97 Å². The third kappa shape index (κ3) is 3.64. The summed E-state index contributed by atoms with van der Waals surface area (Å²) in [4.78, 5) is 9.15. The molecule has 1 heterocycles. The fourth-order valence-electron chi connectivity index (χ4n) is 2.17. The molecule has 4 heteroatoms. The number of fused-ring (bicyclic) bond motifs is 1. The number of nitrogens with two attached hydrogens (primary N) is 1. The van der Waals surface area contributed by atoms with Crippen molar-refractivity contribution in [2.45, 2.75) is 33.2 Å². The highest BCUT2D eigenvalue weighted by Gasteiger charge is 2.08. The number of aryl methyl sites for hydroxylation is 1. The molecule has 0 amide bonds. The quantitative estimate of drug-likeness (QED) is 0.865. The minimum absolute atomic E-state index is 0.146. The standard InChI is InChI=1S/C15H22N4/c1-10(2)8-12(16)9-17-15-11(3)18-13-6-4-5-7-14(13)19-15/h4-7,10,12H,8-9,16H2,1-3H3,(H,17,19). The van der Waals surface area contributed by atoms with Crippen LogP contribution >= 0.6 is 0 Å². The van der Waals surface area contributed by atoms with Crippen LogP contribution in [0, 0.1) is 12.8 Å². The maximum Gasteiger partial charge on any atom is 0.148 e. The summed E-state index contributed by atoms with van der Waals surface area (Å²) in [6.45, 7) is 7.06. The number of rotatable bonds is 5. The Bertz CT molecular complexity index is 551. The van der Waals surface area contributed by atoms with Gasteiger partial charge in [0.2, 0.25) is 0 Å². The van der Waals surface area contributed by atoms with E-state index in [2.05, 4.69) is 29.1 Å². The van der Waals surface area contributed by atoms with Crippen molar-refractivity contribution in [3.05, 3.63) is 30.0 Å². The summed E-state index contributed by atoms with van der Waals surface area (Å²) in [5.74, 6) is 1.44. The van der Waals surface area contributed by atoms with E-state index < -0.39 is 0 Å². The van der Waals surface area contributed by atoms with E-state index in [0.29, 0.717) is 5.92 Å². The van der Waals surface area contributed by atoms with E-state index in [9.17, 15) is 0 Å². The number of nitrogens with one attached hydrogen (secondary N) is 1. The van der Waals surface area contributed by atoms with Gasteiger partial charge in [0.25, 0.3) is 0 Å². The third-order valence-corrected chi connectivity index (χ3v) is 3.05. The molecule has 2 rings (SSSR count). The molecule has 1 aromatic heterocycles. The zero-order valence-electron chi connectivity index (χ0n) is 11.9. The van der Waals surface area contributed by atoms with Crippen molar-refractivity contribution in [1.29, 1.82) is 0 Å². The monoisotopic (exact) mass is 258 g/mol. The summed E-state index contributed by atoms with van der Waals surface area (Å²) in [6, 6.07) is 8.04. The smallest absolute Gasteiger partial charge is 0.148 e. The van der Waals surface area contributed by atoms with Crippen LogP contribution in [0.25, 0.3) is 11.0 Å². The number of hydrogen-bond acceptors (Lipinski definition) is 4. The molecular weight excluding hydrogens is 236 g/mol. The molecule has 0 aliphatic heterocycles. The Morgan fingerprint density at radius 2 is 1.79 bits per heavy atom. The molecule has 0 aliphatic rings. The second-order valence-electron chi connectivity index (χ2n) is 5.42. The highest BCUT2D eigenvalue weighted by molar-refractivity contribution is 5.76. The summed E-state index contributed by atoms with van der Waals surface area (Å²) in [5.41, 5.74) is 8.82. The van der Waals surface area contributed by atoms with Gasteiger partial charge >= 0.3 is 0 Å². The lowest BCUT2D eigenvalue weighted by Gasteiger charge is -2.16. The molecule has 1 aromatic carbocycles. The molecule has 0 bridgehead atoms. The molecule has 0 fully saturated rings. The molecule has 1 unspecified atom stereocenters. The highest BCUT2D eigenvalue weighted by atomic mass is 15.0. The number of aromatic nitrogens is 2. The second kappa shape index (κ2) is 5.97. The van der Waals surface area contributed by atoms with Gasteiger partial charge < -0.3 is 11.1 Å². The second-order valence-corrected chi connectivity index (χ2v) is 5.42. The largest absolute Gasteiger partial charge is 0.367 e. The molecule has 102 valence electrons. The van der Waals surface area contributed by atoms with Crippen LogP contribution in [0.4, 0.5) is 5.82 Å². The van der Waals surface area contributed by atoms with Crippen LogP contribution in [0.2, 0.25) is 0 Å². The van der Waals surface area contributed by atoms with Gasteiger partial charge in [0.1, 0.15) is 5.82 Å². The molecule has 0 spiro atoms. The van der Waals surface area contributed by atoms with Gasteiger partial charge in [-0.25, -0.2) is 9.97 Å². The summed E-state index contributed by atoms with van der Waals surface area (Å²) in [7, 11) is 0. The predicted octanol–water partition coefficient (Wildman–Crippen LogP) is 2.72. The van der Waals surface area contributed by atoms with Crippen molar-refractivity contribution in [2.75, 3.05) is 11.9 Å². The van der Waals surface area contributed by atoms with Gasteiger partial charge in [-0.3, -0.25) is 0 Å². The first-order valence-electron chi connectivity index (χ1n) is 6.79. The lowest BCUT2D eigenvalue weighted by molar-refractivity contribution is 0.508. The first-order valence-corrected chi connectivity index (χ1v) is 6.79. The fourth-order valence-corrected chi connectivity index (χ4v) is 2.17. The number of nitrogens with zero attached hydrogens (tertiary/aromatic N) is 2. The number of para-hydroxylation sites is 2. The van der Waals surface area contributed by atoms with E-state index in [1.807, 2.05) is 31.2 Å². The van der Waals surface area contributed by atoms with Gasteiger partial charge in [-0.1, -0.05) is 26.0 Å². The zero-order valence-corrected chi connectivity index (χ0v) is 11.9. The molecule has 4 nitrogen and oxygen atoms in total. The van der Waals surface area contributed by atoms with Crippen LogP contribution in [-0.2, 0) is 0 Å².